The van der Waals surface area contributed by atoms with E-state index in [0.29, 0.717) is 6.04 Å². The smallest absolute Gasteiger partial charge is 0.0349 e. The Kier molecular flexibility index (Phi) is 4.20. The van der Waals surface area contributed by atoms with Crippen LogP contribution < -0.4 is 5.73 Å². The summed E-state index contributed by atoms with van der Waals surface area (Å²) in [6.07, 6.45) is 0. The number of rotatable bonds is 3. The molecule has 1 fully saturated rings. The Bertz CT molecular complexity index is 375. The van der Waals surface area contributed by atoms with E-state index >= 15 is 0 Å². The summed E-state index contributed by atoms with van der Waals surface area (Å²) in [5, 5.41) is 0. The fourth-order valence-corrected chi connectivity index (χ4v) is 3.48. The predicted octanol–water partition coefficient (Wildman–Crippen LogP) is 1.44. The van der Waals surface area contributed by atoms with Gasteiger partial charge in [0.05, 0.1) is 0 Å². The van der Waals surface area contributed by atoms with E-state index in [2.05, 4.69) is 36.8 Å². The topological polar surface area (TPSA) is 32.5 Å². The normalized spacial score (nSPS) is 23.2. The maximum Gasteiger partial charge on any atom is 0.0349 e. The van der Waals surface area contributed by atoms with Crippen LogP contribution >= 0.6 is 11.3 Å². The Hall–Kier alpha value is -0.420. The molecule has 0 saturated carbocycles. The van der Waals surface area contributed by atoms with Crippen LogP contribution in [0.2, 0.25) is 0 Å². The molecule has 1 aliphatic heterocycles. The Balaban J connectivity index is 2.04. The van der Waals surface area contributed by atoms with Crippen LogP contribution in [-0.2, 0) is 6.54 Å². The molecule has 17 heavy (non-hydrogen) atoms. The fraction of sp³-hybridized carbons (Fsp3) is 0.692. The van der Waals surface area contributed by atoms with Gasteiger partial charge in [0, 0.05) is 48.5 Å². The van der Waals surface area contributed by atoms with Gasteiger partial charge in [-0.1, -0.05) is 0 Å². The number of hydrogen-bond donors (Lipinski definition) is 1. The number of likely N-dealkylation sites (N-methyl/N-ethyl adjacent to an activating group) is 1. The van der Waals surface area contributed by atoms with Gasteiger partial charge in [0.1, 0.15) is 0 Å². The van der Waals surface area contributed by atoms with Crippen LogP contribution in [0.3, 0.4) is 0 Å². The van der Waals surface area contributed by atoms with Gasteiger partial charge >= 0.3 is 0 Å². The highest BCUT2D eigenvalue weighted by Crippen LogP contribution is 2.23. The Labute approximate surface area is 108 Å². The monoisotopic (exact) mass is 253 g/mol. The molecule has 96 valence electrons. The lowest BCUT2D eigenvalue weighted by Crippen LogP contribution is -2.54. The molecule has 0 spiro atoms. The molecule has 0 bridgehead atoms. The number of piperazine rings is 1. The van der Waals surface area contributed by atoms with Gasteiger partial charge in [-0.3, -0.25) is 4.90 Å². The molecule has 1 atom stereocenters. The van der Waals surface area contributed by atoms with Crippen molar-refractivity contribution < 1.29 is 0 Å². The summed E-state index contributed by atoms with van der Waals surface area (Å²) in [5.74, 6) is 0. The second-order valence-electron chi connectivity index (χ2n) is 5.06. The quantitative estimate of drug-likeness (QED) is 0.885. The van der Waals surface area contributed by atoms with Crippen molar-refractivity contribution in [1.29, 1.82) is 0 Å². The van der Waals surface area contributed by atoms with Gasteiger partial charge in [-0.2, -0.15) is 0 Å². The van der Waals surface area contributed by atoms with Crippen LogP contribution in [0.25, 0.3) is 0 Å². The molecule has 0 aromatic carbocycles. The van der Waals surface area contributed by atoms with E-state index in [1.165, 1.54) is 15.3 Å². The zero-order valence-electron chi connectivity index (χ0n) is 11.1. The van der Waals surface area contributed by atoms with Crippen LogP contribution in [0.15, 0.2) is 6.07 Å². The van der Waals surface area contributed by atoms with E-state index in [9.17, 15) is 0 Å². The lowest BCUT2D eigenvalue weighted by Gasteiger charge is -2.39. The van der Waals surface area contributed by atoms with Crippen molar-refractivity contribution in [3.05, 3.63) is 21.4 Å². The molecule has 3 nitrogen and oxygen atoms in total. The first-order valence-electron chi connectivity index (χ1n) is 6.28. The number of nitrogens with two attached hydrogens (primary N) is 1. The highest BCUT2D eigenvalue weighted by atomic mass is 32.1. The molecule has 1 aliphatic rings. The number of nitrogens with zero attached hydrogens (tertiary/aromatic N) is 2. The van der Waals surface area contributed by atoms with Crippen LogP contribution in [0.5, 0.6) is 0 Å². The molecule has 0 radical (unpaired) electrons. The second-order valence-corrected chi connectivity index (χ2v) is 6.52. The van der Waals surface area contributed by atoms with Crippen molar-refractivity contribution in [3.63, 3.8) is 0 Å². The summed E-state index contributed by atoms with van der Waals surface area (Å²) in [6.45, 7) is 9.61. The first-order chi connectivity index (χ1) is 8.10. The van der Waals surface area contributed by atoms with E-state index in [0.717, 1.165) is 32.7 Å². The average molecular weight is 253 g/mol. The average Bonchev–Trinajstić information content (AvgIpc) is 2.60. The molecule has 4 heteroatoms. The van der Waals surface area contributed by atoms with E-state index < -0.39 is 0 Å². The third-order valence-corrected chi connectivity index (χ3v) is 4.61. The van der Waals surface area contributed by atoms with Crippen molar-refractivity contribution in [2.45, 2.75) is 26.4 Å². The van der Waals surface area contributed by atoms with Crippen molar-refractivity contribution in [2.24, 2.45) is 5.73 Å². The predicted molar refractivity (Wildman–Crippen MR) is 74.5 cm³/mol. The Morgan fingerprint density at radius 3 is 2.76 bits per heavy atom. The first kappa shape index (κ1) is 13.0. The van der Waals surface area contributed by atoms with Gasteiger partial charge < -0.3 is 10.6 Å². The lowest BCUT2D eigenvalue weighted by molar-refractivity contribution is 0.0880. The van der Waals surface area contributed by atoms with Gasteiger partial charge in [-0.15, -0.1) is 11.3 Å². The van der Waals surface area contributed by atoms with Crippen molar-refractivity contribution in [3.8, 4) is 0 Å². The molecular formula is C13H23N3S. The van der Waals surface area contributed by atoms with E-state index in [1.54, 1.807) is 0 Å². The minimum atomic E-state index is 0.508. The van der Waals surface area contributed by atoms with E-state index in [1.807, 2.05) is 11.3 Å². The highest BCUT2D eigenvalue weighted by Gasteiger charge is 2.24. The van der Waals surface area contributed by atoms with Gasteiger partial charge in [0.2, 0.25) is 0 Å². The Morgan fingerprint density at radius 2 is 2.18 bits per heavy atom. The molecular weight excluding hydrogens is 230 g/mol. The molecule has 1 saturated heterocycles. The van der Waals surface area contributed by atoms with Crippen molar-refractivity contribution in [1.82, 2.24) is 9.80 Å². The highest BCUT2D eigenvalue weighted by molar-refractivity contribution is 7.12. The molecule has 0 aliphatic carbocycles. The molecule has 1 unspecified atom stereocenters. The third-order valence-electron chi connectivity index (χ3n) is 3.60. The van der Waals surface area contributed by atoms with Gasteiger partial charge in [0.15, 0.2) is 0 Å². The minimum Gasteiger partial charge on any atom is -0.329 e. The second kappa shape index (κ2) is 5.48. The molecule has 2 N–H and O–H groups in total. The molecule has 1 aromatic rings. The van der Waals surface area contributed by atoms with Gasteiger partial charge in [0.25, 0.3) is 0 Å². The minimum absolute atomic E-state index is 0.508. The van der Waals surface area contributed by atoms with Crippen molar-refractivity contribution in [2.75, 3.05) is 33.2 Å². The first-order valence-corrected chi connectivity index (χ1v) is 7.10. The molecule has 1 aromatic heterocycles. The Morgan fingerprint density at radius 1 is 1.41 bits per heavy atom. The van der Waals surface area contributed by atoms with Crippen LogP contribution in [0, 0.1) is 13.8 Å². The van der Waals surface area contributed by atoms with E-state index in [-0.39, 0.29) is 0 Å². The summed E-state index contributed by atoms with van der Waals surface area (Å²) >= 11 is 1.90. The SMILES string of the molecule is Cc1cc(CN2CCN(C)CC2CN)c(C)s1. The zero-order chi connectivity index (χ0) is 12.4. The molecule has 0 amide bonds. The summed E-state index contributed by atoms with van der Waals surface area (Å²) in [7, 11) is 2.18. The van der Waals surface area contributed by atoms with Crippen LogP contribution in [-0.4, -0.2) is 49.1 Å². The molecule has 2 heterocycles. The van der Waals surface area contributed by atoms with E-state index in [4.69, 9.17) is 5.73 Å². The number of hydrogen-bond acceptors (Lipinski definition) is 4. The maximum absolute atomic E-state index is 5.89. The largest absolute Gasteiger partial charge is 0.329 e. The third kappa shape index (κ3) is 3.07. The lowest BCUT2D eigenvalue weighted by atomic mass is 10.1. The summed E-state index contributed by atoms with van der Waals surface area (Å²) in [5.41, 5.74) is 7.37. The zero-order valence-corrected chi connectivity index (χ0v) is 11.9. The summed E-state index contributed by atoms with van der Waals surface area (Å²) in [6, 6.07) is 2.83. The van der Waals surface area contributed by atoms with Crippen LogP contribution in [0.1, 0.15) is 15.3 Å². The number of thiophene rings is 1. The summed E-state index contributed by atoms with van der Waals surface area (Å²) in [4.78, 5) is 7.78. The van der Waals surface area contributed by atoms with Crippen LogP contribution in [0.4, 0.5) is 0 Å². The molecule has 2 rings (SSSR count). The summed E-state index contributed by atoms with van der Waals surface area (Å²) < 4.78 is 0. The van der Waals surface area contributed by atoms with Gasteiger partial charge in [-0.05, 0) is 32.5 Å². The maximum atomic E-state index is 5.89. The van der Waals surface area contributed by atoms with Crippen molar-refractivity contribution >= 4 is 11.3 Å². The number of aryl methyl sites for hydroxylation is 2. The van der Waals surface area contributed by atoms with Gasteiger partial charge in [-0.25, -0.2) is 0 Å². The fourth-order valence-electron chi connectivity index (χ4n) is 2.54. The standard InChI is InChI=1S/C13H23N3S/c1-10-6-12(11(2)17-10)8-16-5-4-15(3)9-13(16)7-14/h6,13H,4-5,7-9,14H2,1-3H3.